The number of carbonyl (C=O) groups excluding carboxylic acids is 2. The average molecular weight is 453 g/mol. The summed E-state index contributed by atoms with van der Waals surface area (Å²) >= 11 is 0. The summed E-state index contributed by atoms with van der Waals surface area (Å²) in [5.74, 6) is -2.31. The molecule has 0 fully saturated rings. The van der Waals surface area contributed by atoms with Crippen molar-refractivity contribution in [2.24, 2.45) is 17.4 Å². The molecule has 0 spiro atoms. The number of pyridine rings is 1. The number of amides is 2. The molecule has 0 bridgehead atoms. The van der Waals surface area contributed by atoms with Crippen LogP contribution in [0.25, 0.3) is 11.3 Å². The van der Waals surface area contributed by atoms with Crippen LogP contribution in [0.4, 0.5) is 21.8 Å². The standard InChI is InChI=1S/C22H24FN7O3/c1-11(18(24)31)9-12(2)27-22-29-20(16(19(25)32)21(33)30-22)28-14-6-3-5-13(10-14)17-15(23)7-4-8-26-17/h3-8,10-12H,9H2,1-2H3,(H2,24,31)(H2,25,32)(H3,27,28,29,30,33). The van der Waals surface area contributed by atoms with Crippen LogP contribution in [0.2, 0.25) is 0 Å². The molecule has 2 aromatic heterocycles. The van der Waals surface area contributed by atoms with Crippen molar-refractivity contribution in [2.45, 2.75) is 26.3 Å². The molecule has 0 aliphatic rings. The van der Waals surface area contributed by atoms with Crippen LogP contribution < -0.4 is 27.7 Å². The van der Waals surface area contributed by atoms with E-state index in [1.807, 2.05) is 0 Å². The fraction of sp³-hybridized carbons (Fsp3) is 0.227. The van der Waals surface area contributed by atoms with Gasteiger partial charge in [0, 0.05) is 29.4 Å². The van der Waals surface area contributed by atoms with Gasteiger partial charge in [-0.05, 0) is 37.6 Å². The smallest absolute Gasteiger partial charge is 0.267 e. The third-order valence-electron chi connectivity index (χ3n) is 4.90. The van der Waals surface area contributed by atoms with Gasteiger partial charge in [-0.2, -0.15) is 4.98 Å². The fourth-order valence-electron chi connectivity index (χ4n) is 3.28. The summed E-state index contributed by atoms with van der Waals surface area (Å²) in [6, 6.07) is 9.11. The van der Waals surface area contributed by atoms with Gasteiger partial charge in [-0.15, -0.1) is 0 Å². The Morgan fingerprint density at radius 1 is 1.18 bits per heavy atom. The molecular formula is C22H24FN7O3. The molecule has 0 saturated heterocycles. The van der Waals surface area contributed by atoms with Gasteiger partial charge in [-0.1, -0.05) is 19.1 Å². The van der Waals surface area contributed by atoms with Gasteiger partial charge in [0.05, 0.1) is 0 Å². The molecule has 0 saturated carbocycles. The molecule has 2 amide bonds. The van der Waals surface area contributed by atoms with Crippen LogP contribution in [0, 0.1) is 11.7 Å². The third-order valence-corrected chi connectivity index (χ3v) is 4.90. The Morgan fingerprint density at radius 2 is 1.94 bits per heavy atom. The Balaban J connectivity index is 1.93. The van der Waals surface area contributed by atoms with E-state index >= 15 is 0 Å². The molecular weight excluding hydrogens is 429 g/mol. The summed E-state index contributed by atoms with van der Waals surface area (Å²) in [6.07, 6.45) is 1.87. The van der Waals surface area contributed by atoms with Gasteiger partial charge >= 0.3 is 0 Å². The number of primary amides is 2. The molecule has 2 heterocycles. The first-order valence-electron chi connectivity index (χ1n) is 10.1. The summed E-state index contributed by atoms with van der Waals surface area (Å²) < 4.78 is 14.1. The molecule has 11 heteroatoms. The lowest BCUT2D eigenvalue weighted by molar-refractivity contribution is -0.121. The van der Waals surface area contributed by atoms with Gasteiger partial charge in [-0.3, -0.25) is 24.4 Å². The first-order valence-corrected chi connectivity index (χ1v) is 10.1. The molecule has 1 aromatic carbocycles. The second kappa shape index (κ2) is 9.90. The quantitative estimate of drug-likeness (QED) is 0.330. The predicted molar refractivity (Wildman–Crippen MR) is 122 cm³/mol. The minimum absolute atomic E-state index is 0.0728. The summed E-state index contributed by atoms with van der Waals surface area (Å²) in [6.45, 7) is 3.48. The zero-order valence-electron chi connectivity index (χ0n) is 18.1. The number of rotatable bonds is 9. The number of benzene rings is 1. The predicted octanol–water partition coefficient (Wildman–Crippen LogP) is 2.13. The monoisotopic (exact) mass is 453 g/mol. The number of nitrogens with zero attached hydrogens (tertiary/aromatic N) is 2. The lowest BCUT2D eigenvalue weighted by Crippen LogP contribution is -2.30. The maximum Gasteiger partial charge on any atom is 0.267 e. The van der Waals surface area contributed by atoms with E-state index in [0.717, 1.165) is 0 Å². The highest BCUT2D eigenvalue weighted by Gasteiger charge is 2.19. The molecule has 3 aromatic rings. The number of H-pyrrole nitrogens is 1. The third kappa shape index (κ3) is 5.70. The van der Waals surface area contributed by atoms with Crippen molar-refractivity contribution in [3.8, 4) is 11.3 Å². The highest BCUT2D eigenvalue weighted by Crippen LogP contribution is 2.25. The van der Waals surface area contributed by atoms with Crippen molar-refractivity contribution < 1.29 is 14.0 Å². The van der Waals surface area contributed by atoms with E-state index in [0.29, 0.717) is 17.7 Å². The van der Waals surface area contributed by atoms with Crippen LogP contribution in [0.5, 0.6) is 0 Å². The average Bonchev–Trinajstić information content (AvgIpc) is 2.73. The first kappa shape index (κ1) is 23.4. The minimum atomic E-state index is -0.972. The zero-order chi connectivity index (χ0) is 24.1. The van der Waals surface area contributed by atoms with Crippen LogP contribution in [-0.4, -0.2) is 32.8 Å². The van der Waals surface area contributed by atoms with Crippen molar-refractivity contribution in [1.82, 2.24) is 15.0 Å². The van der Waals surface area contributed by atoms with Gasteiger partial charge < -0.3 is 22.1 Å². The Hall–Kier alpha value is -4.28. The number of carbonyl (C=O) groups is 2. The highest BCUT2D eigenvalue weighted by molar-refractivity contribution is 5.98. The van der Waals surface area contributed by atoms with E-state index in [-0.39, 0.29) is 29.1 Å². The maximum atomic E-state index is 14.1. The largest absolute Gasteiger partial charge is 0.369 e. The summed E-state index contributed by atoms with van der Waals surface area (Å²) in [4.78, 5) is 46.5. The fourth-order valence-corrected chi connectivity index (χ4v) is 3.28. The van der Waals surface area contributed by atoms with E-state index in [2.05, 4.69) is 25.6 Å². The van der Waals surface area contributed by atoms with Gasteiger partial charge in [0.2, 0.25) is 11.9 Å². The lowest BCUT2D eigenvalue weighted by Gasteiger charge is -2.18. The number of nitrogens with two attached hydrogens (primary N) is 2. The van der Waals surface area contributed by atoms with Crippen molar-refractivity contribution in [3.63, 3.8) is 0 Å². The van der Waals surface area contributed by atoms with Crippen LogP contribution >= 0.6 is 0 Å². The number of hydrogen-bond donors (Lipinski definition) is 5. The molecule has 0 radical (unpaired) electrons. The summed E-state index contributed by atoms with van der Waals surface area (Å²) in [7, 11) is 0. The van der Waals surface area contributed by atoms with Crippen LogP contribution in [0.3, 0.4) is 0 Å². The molecule has 10 nitrogen and oxygen atoms in total. The molecule has 0 aliphatic carbocycles. The molecule has 172 valence electrons. The van der Waals surface area contributed by atoms with Gasteiger partial charge in [0.25, 0.3) is 11.5 Å². The Kier molecular flexibility index (Phi) is 7.01. The van der Waals surface area contributed by atoms with E-state index in [1.54, 1.807) is 38.1 Å². The van der Waals surface area contributed by atoms with Gasteiger partial charge in [0.15, 0.2) is 5.82 Å². The van der Waals surface area contributed by atoms with E-state index < -0.39 is 29.1 Å². The lowest BCUT2D eigenvalue weighted by atomic mass is 10.0. The van der Waals surface area contributed by atoms with Crippen LogP contribution in [0.1, 0.15) is 30.6 Å². The summed E-state index contributed by atoms with van der Waals surface area (Å²) in [5.41, 5.74) is 10.6. The number of aromatic amines is 1. The van der Waals surface area contributed by atoms with E-state index in [4.69, 9.17) is 11.5 Å². The van der Waals surface area contributed by atoms with E-state index in [1.165, 1.54) is 18.3 Å². The van der Waals surface area contributed by atoms with Crippen molar-refractivity contribution in [2.75, 3.05) is 10.6 Å². The second-order valence-electron chi connectivity index (χ2n) is 7.63. The Labute approximate surface area is 188 Å². The molecule has 2 atom stereocenters. The van der Waals surface area contributed by atoms with Crippen molar-refractivity contribution in [1.29, 1.82) is 0 Å². The first-order chi connectivity index (χ1) is 15.7. The maximum absolute atomic E-state index is 14.1. The number of nitrogens with one attached hydrogen (secondary N) is 3. The second-order valence-corrected chi connectivity index (χ2v) is 7.63. The van der Waals surface area contributed by atoms with Crippen molar-refractivity contribution >= 4 is 29.3 Å². The molecule has 0 aliphatic heterocycles. The number of aromatic nitrogens is 3. The SMILES string of the molecule is CC(CC(C)C(N)=O)Nc1nc(Nc2cccc(-c3ncccc3F)c2)c(C(N)=O)c(=O)[nH]1. The number of hydrogen-bond acceptors (Lipinski definition) is 7. The van der Waals surface area contributed by atoms with Gasteiger partial charge in [-0.25, -0.2) is 4.39 Å². The zero-order valence-corrected chi connectivity index (χ0v) is 18.1. The molecule has 3 rings (SSSR count). The topological polar surface area (TPSA) is 169 Å². The molecule has 7 N–H and O–H groups in total. The van der Waals surface area contributed by atoms with Crippen LogP contribution in [0.15, 0.2) is 47.4 Å². The number of halogens is 1. The summed E-state index contributed by atoms with van der Waals surface area (Å²) in [5, 5.41) is 5.88. The Bertz CT molecular complexity index is 1240. The Morgan fingerprint density at radius 3 is 2.61 bits per heavy atom. The van der Waals surface area contributed by atoms with Gasteiger partial charge in [0.1, 0.15) is 17.1 Å². The van der Waals surface area contributed by atoms with Crippen molar-refractivity contribution in [3.05, 3.63) is 64.3 Å². The normalized spacial score (nSPS) is 12.6. The van der Waals surface area contributed by atoms with E-state index in [9.17, 15) is 18.8 Å². The molecule has 2 unspecified atom stereocenters. The molecule has 33 heavy (non-hydrogen) atoms. The number of anilines is 3. The minimum Gasteiger partial charge on any atom is -0.369 e. The highest BCUT2D eigenvalue weighted by atomic mass is 19.1. The van der Waals surface area contributed by atoms with Crippen LogP contribution in [-0.2, 0) is 4.79 Å².